The molecule has 92 valence electrons. The first-order valence-corrected chi connectivity index (χ1v) is 6.19. The Morgan fingerprint density at radius 1 is 1.53 bits per heavy atom. The summed E-state index contributed by atoms with van der Waals surface area (Å²) in [6.07, 6.45) is 3.54. The molecule has 1 atom stereocenters. The van der Waals surface area contributed by atoms with Crippen molar-refractivity contribution in [1.82, 2.24) is 0 Å². The lowest BCUT2D eigenvalue weighted by molar-refractivity contribution is -0.134. The third-order valence-electron chi connectivity index (χ3n) is 2.87. The Morgan fingerprint density at radius 2 is 2.35 bits per heavy atom. The van der Waals surface area contributed by atoms with Gasteiger partial charge in [0.1, 0.15) is 11.5 Å². The van der Waals surface area contributed by atoms with Crippen LogP contribution >= 0.6 is 0 Å². The molecule has 0 radical (unpaired) electrons. The second-order valence-corrected chi connectivity index (χ2v) is 4.46. The van der Waals surface area contributed by atoms with Gasteiger partial charge in [-0.15, -0.1) is 0 Å². The fraction of sp³-hybridized carbons (Fsp3) is 0.500. The van der Waals surface area contributed by atoms with E-state index in [2.05, 4.69) is 6.92 Å². The fourth-order valence-corrected chi connectivity index (χ4v) is 1.95. The lowest BCUT2D eigenvalue weighted by Gasteiger charge is -2.23. The van der Waals surface area contributed by atoms with Gasteiger partial charge in [0, 0.05) is 6.42 Å². The van der Waals surface area contributed by atoms with E-state index in [1.54, 1.807) is 6.07 Å². The summed E-state index contributed by atoms with van der Waals surface area (Å²) in [5.74, 6) is 1.37. The highest BCUT2D eigenvalue weighted by Crippen LogP contribution is 2.30. The Hall–Kier alpha value is -1.51. The molecular formula is C14H18O3. The van der Waals surface area contributed by atoms with Crippen LogP contribution in [0.15, 0.2) is 18.2 Å². The van der Waals surface area contributed by atoms with E-state index >= 15 is 0 Å². The van der Waals surface area contributed by atoms with Crippen molar-refractivity contribution in [3.63, 3.8) is 0 Å². The van der Waals surface area contributed by atoms with Crippen molar-refractivity contribution in [2.45, 2.75) is 45.6 Å². The van der Waals surface area contributed by atoms with Gasteiger partial charge < -0.3 is 9.47 Å². The Labute approximate surface area is 102 Å². The highest BCUT2D eigenvalue weighted by Gasteiger charge is 2.16. The van der Waals surface area contributed by atoms with E-state index in [0.29, 0.717) is 12.2 Å². The molecule has 0 spiro atoms. The van der Waals surface area contributed by atoms with Crippen LogP contribution in [0.1, 0.15) is 38.7 Å². The molecule has 1 aromatic carbocycles. The molecule has 0 aliphatic carbocycles. The highest BCUT2D eigenvalue weighted by molar-refractivity contribution is 5.72. The molecule has 1 unspecified atom stereocenters. The zero-order valence-electron chi connectivity index (χ0n) is 10.4. The molecule has 1 aliphatic heterocycles. The van der Waals surface area contributed by atoms with Gasteiger partial charge in [-0.25, -0.2) is 0 Å². The van der Waals surface area contributed by atoms with Gasteiger partial charge in [0.2, 0.25) is 0 Å². The molecule has 3 heteroatoms. The molecule has 0 N–H and O–H groups in total. The summed E-state index contributed by atoms with van der Waals surface area (Å²) in [7, 11) is 0. The summed E-state index contributed by atoms with van der Waals surface area (Å²) >= 11 is 0. The minimum atomic E-state index is -0.169. The maximum absolute atomic E-state index is 11.4. The van der Waals surface area contributed by atoms with Crippen molar-refractivity contribution in [1.29, 1.82) is 0 Å². The van der Waals surface area contributed by atoms with Crippen LogP contribution < -0.4 is 9.47 Å². The smallest absolute Gasteiger partial charge is 0.311 e. The lowest BCUT2D eigenvalue weighted by atomic mass is 10.0. The van der Waals surface area contributed by atoms with Gasteiger partial charge in [-0.2, -0.15) is 0 Å². The third-order valence-corrected chi connectivity index (χ3v) is 2.87. The summed E-state index contributed by atoms with van der Waals surface area (Å²) in [4.78, 5) is 11.4. The first kappa shape index (κ1) is 12.0. The third kappa shape index (κ3) is 2.99. The number of carbonyl (C=O) groups is 1. The maximum Gasteiger partial charge on any atom is 0.311 e. The van der Waals surface area contributed by atoms with Crippen LogP contribution in [0.3, 0.4) is 0 Å². The number of fused-ring (bicyclic) bond motifs is 1. The normalized spacial score (nSPS) is 18.1. The minimum Gasteiger partial charge on any atom is -0.490 e. The first-order valence-electron chi connectivity index (χ1n) is 6.19. The second-order valence-electron chi connectivity index (χ2n) is 4.46. The zero-order valence-corrected chi connectivity index (χ0v) is 10.4. The van der Waals surface area contributed by atoms with E-state index in [-0.39, 0.29) is 12.1 Å². The molecule has 0 saturated heterocycles. The number of hydrogen-bond acceptors (Lipinski definition) is 3. The average molecular weight is 234 g/mol. The number of benzene rings is 1. The van der Waals surface area contributed by atoms with E-state index in [0.717, 1.165) is 30.6 Å². The molecule has 17 heavy (non-hydrogen) atoms. The van der Waals surface area contributed by atoms with Gasteiger partial charge >= 0.3 is 5.97 Å². The summed E-state index contributed by atoms with van der Waals surface area (Å²) in [6, 6.07) is 5.60. The predicted octanol–water partition coefficient (Wildman–Crippen LogP) is 3.11. The Morgan fingerprint density at radius 3 is 3.12 bits per heavy atom. The van der Waals surface area contributed by atoms with Crippen molar-refractivity contribution in [3.05, 3.63) is 23.8 Å². The van der Waals surface area contributed by atoms with Crippen LogP contribution in [0.25, 0.3) is 0 Å². The fourth-order valence-electron chi connectivity index (χ4n) is 1.95. The number of hydrogen-bond donors (Lipinski definition) is 0. The van der Waals surface area contributed by atoms with Gasteiger partial charge in [-0.05, 0) is 49.9 Å². The molecule has 1 heterocycles. The molecule has 1 aliphatic rings. The topological polar surface area (TPSA) is 35.5 Å². The van der Waals surface area contributed by atoms with Crippen molar-refractivity contribution in [2.75, 3.05) is 0 Å². The molecule has 0 amide bonds. The monoisotopic (exact) mass is 234 g/mol. The van der Waals surface area contributed by atoms with Crippen LogP contribution in [0, 0.1) is 0 Å². The Balaban J connectivity index is 2.08. The standard InChI is InChI=1S/C14H18O3/c1-3-4-14(15)17-12-7-8-13-11(9-12)6-5-10(2)16-13/h7-10H,3-6H2,1-2H3. The van der Waals surface area contributed by atoms with Crippen molar-refractivity contribution < 1.29 is 14.3 Å². The minimum absolute atomic E-state index is 0.169. The number of carbonyl (C=O) groups excluding carboxylic acids is 1. The van der Waals surface area contributed by atoms with Crippen LogP contribution in [0.2, 0.25) is 0 Å². The molecule has 3 nitrogen and oxygen atoms in total. The SMILES string of the molecule is CCCC(=O)Oc1ccc2c(c1)CCC(C)O2. The molecule has 0 fully saturated rings. The molecule has 0 aromatic heterocycles. The van der Waals surface area contributed by atoms with Gasteiger partial charge in [-0.3, -0.25) is 4.79 Å². The van der Waals surface area contributed by atoms with E-state index < -0.39 is 0 Å². The highest BCUT2D eigenvalue weighted by atomic mass is 16.5. The van der Waals surface area contributed by atoms with Gasteiger partial charge in [0.05, 0.1) is 6.10 Å². The summed E-state index contributed by atoms with van der Waals surface area (Å²) in [5.41, 5.74) is 1.13. The van der Waals surface area contributed by atoms with Crippen molar-refractivity contribution >= 4 is 5.97 Å². The van der Waals surface area contributed by atoms with E-state index in [1.807, 2.05) is 19.1 Å². The van der Waals surface area contributed by atoms with Gasteiger partial charge in [0.15, 0.2) is 0 Å². The molecule has 1 aromatic rings. The molecule has 0 bridgehead atoms. The van der Waals surface area contributed by atoms with Crippen LogP contribution in [-0.2, 0) is 11.2 Å². The Kier molecular flexibility index (Phi) is 3.67. The molecule has 0 saturated carbocycles. The van der Waals surface area contributed by atoms with Gasteiger partial charge in [-0.1, -0.05) is 6.92 Å². The van der Waals surface area contributed by atoms with E-state index in [9.17, 15) is 4.79 Å². The van der Waals surface area contributed by atoms with Crippen LogP contribution in [-0.4, -0.2) is 12.1 Å². The summed E-state index contributed by atoms with van der Waals surface area (Å²) < 4.78 is 11.0. The maximum atomic E-state index is 11.4. The zero-order chi connectivity index (χ0) is 12.3. The second kappa shape index (κ2) is 5.21. The average Bonchev–Trinajstić information content (AvgIpc) is 2.29. The quantitative estimate of drug-likeness (QED) is 0.595. The first-order chi connectivity index (χ1) is 8.19. The van der Waals surface area contributed by atoms with E-state index in [4.69, 9.17) is 9.47 Å². The molecular weight excluding hydrogens is 216 g/mol. The van der Waals surface area contributed by atoms with Crippen LogP contribution in [0.5, 0.6) is 11.5 Å². The van der Waals surface area contributed by atoms with Crippen molar-refractivity contribution in [3.8, 4) is 11.5 Å². The lowest BCUT2D eigenvalue weighted by Crippen LogP contribution is -2.18. The number of ether oxygens (including phenoxy) is 2. The number of esters is 1. The van der Waals surface area contributed by atoms with Gasteiger partial charge in [0.25, 0.3) is 0 Å². The molecule has 2 rings (SSSR count). The largest absolute Gasteiger partial charge is 0.490 e. The van der Waals surface area contributed by atoms with E-state index in [1.165, 1.54) is 0 Å². The van der Waals surface area contributed by atoms with Crippen LogP contribution in [0.4, 0.5) is 0 Å². The predicted molar refractivity (Wildman–Crippen MR) is 65.4 cm³/mol. The number of aryl methyl sites for hydroxylation is 1. The Bertz CT molecular complexity index is 412. The number of rotatable bonds is 3. The summed E-state index contributed by atoms with van der Waals surface area (Å²) in [5, 5.41) is 0. The van der Waals surface area contributed by atoms with Crippen molar-refractivity contribution in [2.24, 2.45) is 0 Å². The summed E-state index contributed by atoms with van der Waals surface area (Å²) in [6.45, 7) is 4.03.